The number of halogens is 1. The zero-order chi connectivity index (χ0) is 14.8. The minimum atomic E-state index is -0.536. The Hall–Kier alpha value is -0.680. The molecular formula is C17H20BrNOS. The Balaban J connectivity index is 1.82. The lowest BCUT2D eigenvalue weighted by Crippen LogP contribution is -2.29. The predicted octanol–water partition coefficient (Wildman–Crippen LogP) is 4.40. The topological polar surface area (TPSA) is 23.5 Å². The van der Waals surface area contributed by atoms with Crippen LogP contribution >= 0.6 is 27.3 Å². The molecule has 2 heterocycles. The van der Waals surface area contributed by atoms with Crippen LogP contribution in [0.2, 0.25) is 0 Å². The number of benzene rings is 1. The quantitative estimate of drug-likeness (QED) is 0.870. The second-order valence-corrected chi connectivity index (χ2v) is 7.46. The van der Waals surface area contributed by atoms with E-state index in [0.717, 1.165) is 28.0 Å². The Kier molecular flexibility index (Phi) is 4.79. The first-order chi connectivity index (χ1) is 10.2. The van der Waals surface area contributed by atoms with Gasteiger partial charge in [0.15, 0.2) is 0 Å². The zero-order valence-corrected chi connectivity index (χ0v) is 14.5. The highest BCUT2D eigenvalue weighted by Crippen LogP contribution is 2.42. The molecule has 21 heavy (non-hydrogen) atoms. The van der Waals surface area contributed by atoms with Gasteiger partial charge in [0.1, 0.15) is 6.10 Å². The summed E-state index contributed by atoms with van der Waals surface area (Å²) in [6.45, 7) is 2.31. The van der Waals surface area contributed by atoms with Gasteiger partial charge in [-0.2, -0.15) is 0 Å². The van der Waals surface area contributed by atoms with Crippen LogP contribution in [-0.4, -0.2) is 30.1 Å². The third-order valence-electron chi connectivity index (χ3n) is 4.30. The second-order valence-electron chi connectivity index (χ2n) is 5.76. The first-order valence-corrected chi connectivity index (χ1v) is 9.02. The summed E-state index contributed by atoms with van der Waals surface area (Å²) < 4.78 is 1.11. The molecule has 1 atom stereocenters. The van der Waals surface area contributed by atoms with Crippen LogP contribution < -0.4 is 0 Å². The highest BCUT2D eigenvalue weighted by molar-refractivity contribution is 9.10. The smallest absolute Gasteiger partial charge is 0.114 e. The van der Waals surface area contributed by atoms with Gasteiger partial charge in [0.25, 0.3) is 0 Å². The summed E-state index contributed by atoms with van der Waals surface area (Å²) in [5.74, 6) is 0.614. The molecule has 1 aliphatic rings. The molecular weight excluding hydrogens is 346 g/mol. The van der Waals surface area contributed by atoms with Gasteiger partial charge < -0.3 is 10.0 Å². The zero-order valence-electron chi connectivity index (χ0n) is 12.1. The Morgan fingerprint density at radius 3 is 2.57 bits per heavy atom. The number of thiophene rings is 1. The third kappa shape index (κ3) is 3.24. The van der Waals surface area contributed by atoms with Gasteiger partial charge in [-0.3, -0.25) is 0 Å². The molecule has 112 valence electrons. The van der Waals surface area contributed by atoms with Gasteiger partial charge in [-0.1, -0.05) is 30.3 Å². The number of nitrogens with zero attached hydrogens (tertiary/aromatic N) is 1. The summed E-state index contributed by atoms with van der Waals surface area (Å²) in [7, 11) is 2.18. The maximum Gasteiger partial charge on any atom is 0.114 e. The standard InChI is InChI=1S/C17H20BrNOS/c1-19-9-7-12(8-10-19)14-11-21-17(15(14)18)16(20)13-5-3-2-4-6-13/h2-6,11-12,16,20H,7-10H2,1H3. The van der Waals surface area contributed by atoms with Gasteiger partial charge >= 0.3 is 0 Å². The molecule has 2 nitrogen and oxygen atoms in total. The molecule has 0 saturated carbocycles. The molecule has 1 aliphatic heterocycles. The molecule has 0 spiro atoms. The largest absolute Gasteiger partial charge is 0.383 e. The fourth-order valence-electron chi connectivity index (χ4n) is 2.94. The van der Waals surface area contributed by atoms with Crippen molar-refractivity contribution in [2.45, 2.75) is 24.9 Å². The van der Waals surface area contributed by atoms with Crippen LogP contribution in [0.1, 0.15) is 40.9 Å². The summed E-state index contributed by atoms with van der Waals surface area (Å²) in [4.78, 5) is 3.41. The van der Waals surface area contributed by atoms with Gasteiger partial charge in [0.05, 0.1) is 4.88 Å². The summed E-state index contributed by atoms with van der Waals surface area (Å²) in [5, 5.41) is 12.8. The van der Waals surface area contributed by atoms with Crippen molar-refractivity contribution in [2.75, 3.05) is 20.1 Å². The molecule has 0 amide bonds. The van der Waals surface area contributed by atoms with E-state index < -0.39 is 6.10 Å². The number of aliphatic hydroxyl groups is 1. The summed E-state index contributed by atoms with van der Waals surface area (Å²) >= 11 is 5.40. The molecule has 1 aromatic carbocycles. The number of aliphatic hydroxyl groups excluding tert-OH is 1. The van der Waals surface area contributed by atoms with Crippen LogP contribution in [0.4, 0.5) is 0 Å². The molecule has 1 fully saturated rings. The molecule has 2 aromatic rings. The first-order valence-electron chi connectivity index (χ1n) is 7.35. The maximum absolute atomic E-state index is 10.6. The lowest BCUT2D eigenvalue weighted by Gasteiger charge is -2.29. The number of likely N-dealkylation sites (tertiary alicyclic amines) is 1. The van der Waals surface area contributed by atoms with Crippen LogP contribution in [0.5, 0.6) is 0 Å². The fourth-order valence-corrected chi connectivity index (χ4v) is 5.08. The molecule has 3 rings (SSSR count). The van der Waals surface area contributed by atoms with Crippen LogP contribution in [0.25, 0.3) is 0 Å². The summed E-state index contributed by atoms with van der Waals surface area (Å²) in [5.41, 5.74) is 2.33. The Morgan fingerprint density at radius 2 is 1.90 bits per heavy atom. The van der Waals surface area contributed by atoms with Crippen molar-refractivity contribution < 1.29 is 5.11 Å². The van der Waals surface area contributed by atoms with E-state index >= 15 is 0 Å². The monoisotopic (exact) mass is 365 g/mol. The lowest BCUT2D eigenvalue weighted by atomic mass is 9.91. The SMILES string of the molecule is CN1CCC(c2csc(C(O)c3ccccc3)c2Br)CC1. The Bertz CT molecular complexity index is 590. The van der Waals surface area contributed by atoms with Crippen molar-refractivity contribution in [3.05, 3.63) is 56.2 Å². The molecule has 0 radical (unpaired) electrons. The molecule has 1 aromatic heterocycles. The minimum absolute atomic E-state index is 0.536. The third-order valence-corrected chi connectivity index (χ3v) is 6.51. The van der Waals surface area contributed by atoms with Crippen molar-refractivity contribution in [2.24, 2.45) is 0 Å². The van der Waals surface area contributed by atoms with Crippen molar-refractivity contribution >= 4 is 27.3 Å². The van der Waals surface area contributed by atoms with Crippen LogP contribution in [0, 0.1) is 0 Å². The average Bonchev–Trinajstić information content (AvgIpc) is 2.90. The predicted molar refractivity (Wildman–Crippen MR) is 92.0 cm³/mol. The minimum Gasteiger partial charge on any atom is -0.383 e. The first kappa shape index (κ1) is 15.2. The van der Waals surface area contributed by atoms with Gasteiger partial charge in [-0.05, 0) is 71.3 Å². The molecule has 0 bridgehead atoms. The van der Waals surface area contributed by atoms with E-state index in [-0.39, 0.29) is 0 Å². The Labute approximate surface area is 138 Å². The van der Waals surface area contributed by atoms with Crippen molar-refractivity contribution in [3.63, 3.8) is 0 Å². The van der Waals surface area contributed by atoms with Gasteiger partial charge in [-0.15, -0.1) is 11.3 Å². The van der Waals surface area contributed by atoms with Crippen molar-refractivity contribution in [1.29, 1.82) is 0 Å². The molecule has 0 aliphatic carbocycles. The summed E-state index contributed by atoms with van der Waals surface area (Å²) in [6, 6.07) is 9.87. The van der Waals surface area contributed by atoms with Crippen molar-refractivity contribution in [1.82, 2.24) is 4.90 Å². The lowest BCUT2D eigenvalue weighted by molar-refractivity contribution is 0.223. The van der Waals surface area contributed by atoms with Crippen LogP contribution in [0.15, 0.2) is 40.2 Å². The van der Waals surface area contributed by atoms with E-state index in [1.807, 2.05) is 30.3 Å². The van der Waals surface area contributed by atoms with Crippen LogP contribution in [-0.2, 0) is 0 Å². The molecule has 4 heteroatoms. The van der Waals surface area contributed by atoms with E-state index in [0.29, 0.717) is 5.92 Å². The molecule has 1 unspecified atom stereocenters. The highest BCUT2D eigenvalue weighted by atomic mass is 79.9. The number of rotatable bonds is 3. The van der Waals surface area contributed by atoms with E-state index in [1.54, 1.807) is 11.3 Å². The fraction of sp³-hybridized carbons (Fsp3) is 0.412. The molecule has 1 saturated heterocycles. The van der Waals surface area contributed by atoms with Gasteiger partial charge in [-0.25, -0.2) is 0 Å². The van der Waals surface area contributed by atoms with E-state index in [2.05, 4.69) is 33.3 Å². The normalized spacial score (nSPS) is 18.8. The van der Waals surface area contributed by atoms with Crippen LogP contribution in [0.3, 0.4) is 0 Å². The highest BCUT2D eigenvalue weighted by Gasteiger charge is 2.25. The van der Waals surface area contributed by atoms with Crippen molar-refractivity contribution in [3.8, 4) is 0 Å². The Morgan fingerprint density at radius 1 is 1.24 bits per heavy atom. The number of hydrogen-bond acceptors (Lipinski definition) is 3. The van der Waals surface area contributed by atoms with E-state index in [4.69, 9.17) is 0 Å². The van der Waals surface area contributed by atoms with E-state index in [1.165, 1.54) is 18.4 Å². The van der Waals surface area contributed by atoms with E-state index in [9.17, 15) is 5.11 Å². The molecule has 1 N–H and O–H groups in total. The van der Waals surface area contributed by atoms with Gasteiger partial charge in [0.2, 0.25) is 0 Å². The number of hydrogen-bond donors (Lipinski definition) is 1. The number of piperidine rings is 1. The maximum atomic E-state index is 10.6. The summed E-state index contributed by atoms with van der Waals surface area (Å²) in [6.07, 6.45) is 1.87. The average molecular weight is 366 g/mol. The second kappa shape index (κ2) is 6.61. The van der Waals surface area contributed by atoms with Gasteiger partial charge in [0, 0.05) is 4.47 Å².